The van der Waals surface area contributed by atoms with Crippen LogP contribution in [-0.4, -0.2) is 30.8 Å². The first-order chi connectivity index (χ1) is 7.59. The molecule has 0 atom stereocenters. The van der Waals surface area contributed by atoms with Gasteiger partial charge in [-0.3, -0.25) is 4.79 Å². The molecule has 0 bridgehead atoms. The first kappa shape index (κ1) is 12.4. The molecule has 1 heterocycles. The average Bonchev–Trinajstić information content (AvgIpc) is 2.63. The van der Waals surface area contributed by atoms with E-state index in [1.54, 1.807) is 13.0 Å². The Morgan fingerprint density at radius 2 is 2.44 bits per heavy atom. The summed E-state index contributed by atoms with van der Waals surface area (Å²) in [5.41, 5.74) is 1.64. The molecule has 5 nitrogen and oxygen atoms in total. The second kappa shape index (κ2) is 6.07. The largest absolute Gasteiger partial charge is 0.375 e. The lowest BCUT2D eigenvalue weighted by molar-refractivity contribution is 0.0890. The number of carbonyl (C=O) groups is 1. The summed E-state index contributed by atoms with van der Waals surface area (Å²) in [6.07, 6.45) is 0. The van der Waals surface area contributed by atoms with Crippen molar-refractivity contribution in [1.82, 2.24) is 10.5 Å². The van der Waals surface area contributed by atoms with Crippen molar-refractivity contribution in [3.63, 3.8) is 0 Å². The van der Waals surface area contributed by atoms with E-state index in [2.05, 4.69) is 17.1 Å². The number of aromatic nitrogens is 1. The highest BCUT2D eigenvalue weighted by molar-refractivity contribution is 5.91. The molecule has 88 valence electrons. The van der Waals surface area contributed by atoms with E-state index >= 15 is 0 Å². The topological polar surface area (TPSA) is 64.4 Å². The fourth-order valence-electron chi connectivity index (χ4n) is 1.04. The number of nitrogens with one attached hydrogen (secondary N) is 1. The Balaban J connectivity index is 2.18. The van der Waals surface area contributed by atoms with Gasteiger partial charge in [-0.15, -0.1) is 0 Å². The predicted molar refractivity (Wildman–Crippen MR) is 59.2 cm³/mol. The third kappa shape index (κ3) is 4.27. The second-order valence-electron chi connectivity index (χ2n) is 3.60. The van der Waals surface area contributed by atoms with Gasteiger partial charge in [0.2, 0.25) is 5.76 Å². The van der Waals surface area contributed by atoms with Crippen molar-refractivity contribution in [2.24, 2.45) is 0 Å². The maximum absolute atomic E-state index is 11.4. The van der Waals surface area contributed by atoms with E-state index < -0.39 is 0 Å². The Morgan fingerprint density at radius 3 is 3.00 bits per heavy atom. The Labute approximate surface area is 94.5 Å². The van der Waals surface area contributed by atoms with Crippen molar-refractivity contribution in [3.8, 4) is 0 Å². The van der Waals surface area contributed by atoms with Crippen LogP contribution in [0, 0.1) is 6.92 Å². The van der Waals surface area contributed by atoms with Gasteiger partial charge in [0, 0.05) is 12.6 Å². The summed E-state index contributed by atoms with van der Waals surface area (Å²) in [5, 5.41) is 6.29. The van der Waals surface area contributed by atoms with Gasteiger partial charge >= 0.3 is 0 Å². The van der Waals surface area contributed by atoms with Crippen LogP contribution in [0.5, 0.6) is 0 Å². The normalized spacial score (nSPS) is 10.1. The van der Waals surface area contributed by atoms with Crippen LogP contribution in [0.15, 0.2) is 22.7 Å². The minimum absolute atomic E-state index is 0.220. The Bertz CT molecular complexity index is 371. The summed E-state index contributed by atoms with van der Waals surface area (Å²) >= 11 is 0. The number of hydrogen-bond donors (Lipinski definition) is 1. The lowest BCUT2D eigenvalue weighted by Gasteiger charge is -2.04. The summed E-state index contributed by atoms with van der Waals surface area (Å²) in [6.45, 7) is 8.75. The van der Waals surface area contributed by atoms with Gasteiger partial charge in [-0.25, -0.2) is 0 Å². The maximum atomic E-state index is 11.4. The molecule has 1 rings (SSSR count). The molecule has 0 saturated carbocycles. The molecule has 16 heavy (non-hydrogen) atoms. The minimum atomic E-state index is -0.278. The fourth-order valence-corrected chi connectivity index (χ4v) is 1.04. The van der Waals surface area contributed by atoms with Gasteiger partial charge in [-0.2, -0.15) is 0 Å². The van der Waals surface area contributed by atoms with Crippen LogP contribution in [0.2, 0.25) is 0 Å². The zero-order valence-electron chi connectivity index (χ0n) is 9.58. The molecule has 0 fully saturated rings. The summed E-state index contributed by atoms with van der Waals surface area (Å²) < 4.78 is 10.0. The number of carbonyl (C=O) groups excluding carboxylic acids is 1. The van der Waals surface area contributed by atoms with Crippen molar-refractivity contribution in [3.05, 3.63) is 29.7 Å². The van der Waals surface area contributed by atoms with Gasteiger partial charge < -0.3 is 14.6 Å². The Hall–Kier alpha value is -1.62. The fraction of sp³-hybridized carbons (Fsp3) is 0.455. The molecule has 0 spiro atoms. The molecule has 0 aromatic carbocycles. The Morgan fingerprint density at radius 1 is 1.69 bits per heavy atom. The number of hydrogen-bond acceptors (Lipinski definition) is 4. The average molecular weight is 224 g/mol. The molecule has 5 heteroatoms. The Kier molecular flexibility index (Phi) is 4.72. The maximum Gasteiger partial charge on any atom is 0.289 e. The number of aryl methyl sites for hydroxylation is 1. The lowest BCUT2D eigenvalue weighted by atomic mass is 10.3. The summed E-state index contributed by atoms with van der Waals surface area (Å²) in [7, 11) is 0. The highest BCUT2D eigenvalue weighted by Crippen LogP contribution is 2.00. The summed E-state index contributed by atoms with van der Waals surface area (Å²) in [4.78, 5) is 11.4. The smallest absolute Gasteiger partial charge is 0.289 e. The summed E-state index contributed by atoms with van der Waals surface area (Å²) in [5.74, 6) is -0.0584. The summed E-state index contributed by atoms with van der Waals surface area (Å²) in [6, 6.07) is 1.59. The SMILES string of the molecule is C=C(C)COCCNC(=O)c1cc(C)no1. The zero-order chi connectivity index (χ0) is 12.0. The highest BCUT2D eigenvalue weighted by Gasteiger charge is 2.09. The van der Waals surface area contributed by atoms with Crippen LogP contribution in [0.3, 0.4) is 0 Å². The number of nitrogens with zero attached hydrogens (tertiary/aromatic N) is 1. The van der Waals surface area contributed by atoms with E-state index in [1.165, 1.54) is 0 Å². The van der Waals surface area contributed by atoms with Gasteiger partial charge in [0.1, 0.15) is 0 Å². The molecule has 0 aliphatic carbocycles. The van der Waals surface area contributed by atoms with Crippen LogP contribution in [0.1, 0.15) is 23.2 Å². The highest BCUT2D eigenvalue weighted by atomic mass is 16.5. The number of amides is 1. The standard InChI is InChI=1S/C11H16N2O3/c1-8(2)7-15-5-4-12-11(14)10-6-9(3)13-16-10/h6H,1,4-5,7H2,2-3H3,(H,12,14). The molecule has 1 amide bonds. The first-order valence-electron chi connectivity index (χ1n) is 5.03. The van der Waals surface area contributed by atoms with E-state index in [0.29, 0.717) is 25.5 Å². The molecular formula is C11H16N2O3. The molecular weight excluding hydrogens is 208 g/mol. The lowest BCUT2D eigenvalue weighted by Crippen LogP contribution is -2.27. The minimum Gasteiger partial charge on any atom is -0.375 e. The van der Waals surface area contributed by atoms with Crippen LogP contribution in [-0.2, 0) is 4.74 Å². The van der Waals surface area contributed by atoms with Crippen molar-refractivity contribution < 1.29 is 14.1 Å². The van der Waals surface area contributed by atoms with Crippen LogP contribution in [0.25, 0.3) is 0 Å². The van der Waals surface area contributed by atoms with E-state index in [9.17, 15) is 4.79 Å². The molecule has 0 aliphatic heterocycles. The van der Waals surface area contributed by atoms with Crippen molar-refractivity contribution in [2.45, 2.75) is 13.8 Å². The zero-order valence-corrected chi connectivity index (χ0v) is 9.58. The molecule has 0 aliphatic rings. The van der Waals surface area contributed by atoms with E-state index in [4.69, 9.17) is 9.26 Å². The monoisotopic (exact) mass is 224 g/mol. The molecule has 1 aromatic heterocycles. The van der Waals surface area contributed by atoms with Gasteiger partial charge in [0.15, 0.2) is 0 Å². The van der Waals surface area contributed by atoms with Gasteiger partial charge in [-0.05, 0) is 13.8 Å². The third-order valence-electron chi connectivity index (χ3n) is 1.73. The predicted octanol–water partition coefficient (Wildman–Crippen LogP) is 1.31. The third-order valence-corrected chi connectivity index (χ3v) is 1.73. The number of rotatable bonds is 6. The van der Waals surface area contributed by atoms with Gasteiger partial charge in [0.05, 0.1) is 18.9 Å². The van der Waals surface area contributed by atoms with E-state index in [0.717, 1.165) is 5.57 Å². The van der Waals surface area contributed by atoms with Crippen molar-refractivity contribution >= 4 is 5.91 Å². The van der Waals surface area contributed by atoms with Crippen molar-refractivity contribution in [2.75, 3.05) is 19.8 Å². The quantitative estimate of drug-likeness (QED) is 0.584. The second-order valence-corrected chi connectivity index (χ2v) is 3.60. The molecule has 1 N–H and O–H groups in total. The first-order valence-corrected chi connectivity index (χ1v) is 5.03. The van der Waals surface area contributed by atoms with Crippen LogP contribution >= 0.6 is 0 Å². The van der Waals surface area contributed by atoms with E-state index in [-0.39, 0.29) is 11.7 Å². The van der Waals surface area contributed by atoms with Gasteiger partial charge in [0.25, 0.3) is 5.91 Å². The molecule has 0 unspecified atom stereocenters. The molecule has 0 saturated heterocycles. The molecule has 0 radical (unpaired) electrons. The molecule has 1 aromatic rings. The van der Waals surface area contributed by atoms with Gasteiger partial charge in [-0.1, -0.05) is 17.3 Å². The van der Waals surface area contributed by atoms with E-state index in [1.807, 2.05) is 6.92 Å². The van der Waals surface area contributed by atoms with Crippen molar-refractivity contribution in [1.29, 1.82) is 0 Å². The number of ether oxygens (including phenoxy) is 1. The van der Waals surface area contributed by atoms with Crippen LogP contribution < -0.4 is 5.32 Å². The van der Waals surface area contributed by atoms with Crippen LogP contribution in [0.4, 0.5) is 0 Å².